The molecule has 3 nitrogen and oxygen atoms in total. The molecule has 15 heavy (non-hydrogen) atoms. The number of hydrogen-bond acceptors (Lipinski definition) is 2. The summed E-state index contributed by atoms with van der Waals surface area (Å²) < 4.78 is 0. The minimum absolute atomic E-state index is 0.158. The van der Waals surface area contributed by atoms with Gasteiger partial charge in [-0.15, -0.1) is 0 Å². The molecule has 0 bridgehead atoms. The molecule has 0 spiro atoms. The third kappa shape index (κ3) is 2.07. The molecule has 0 saturated carbocycles. The van der Waals surface area contributed by atoms with Gasteiger partial charge in [0.15, 0.2) is 0 Å². The predicted octanol–water partition coefficient (Wildman–Crippen LogP) is 2.40. The Morgan fingerprint density at radius 1 is 1.33 bits per heavy atom. The highest BCUT2D eigenvalue weighted by Crippen LogP contribution is 2.21. The van der Waals surface area contributed by atoms with Crippen molar-refractivity contribution in [3.05, 3.63) is 51.4 Å². The average molecular weight is 221 g/mol. The normalized spacial score (nSPS) is 10.3. The second-order valence-electron chi connectivity index (χ2n) is 3.24. The van der Waals surface area contributed by atoms with Crippen molar-refractivity contribution in [3.63, 3.8) is 0 Å². The first kappa shape index (κ1) is 9.93. The SMILES string of the molecule is Cc1cc(Cl)ccc1-c1nccc(=O)[nH]1. The van der Waals surface area contributed by atoms with Crippen LogP contribution in [0.1, 0.15) is 5.56 Å². The lowest BCUT2D eigenvalue weighted by Crippen LogP contribution is -2.06. The lowest BCUT2D eigenvalue weighted by atomic mass is 10.1. The van der Waals surface area contributed by atoms with E-state index in [2.05, 4.69) is 9.97 Å². The molecule has 0 radical (unpaired) electrons. The van der Waals surface area contributed by atoms with E-state index in [1.165, 1.54) is 12.3 Å². The van der Waals surface area contributed by atoms with Gasteiger partial charge in [-0.3, -0.25) is 4.79 Å². The zero-order chi connectivity index (χ0) is 10.8. The molecule has 0 aliphatic rings. The second kappa shape index (κ2) is 3.87. The third-order valence-corrected chi connectivity index (χ3v) is 2.35. The number of aromatic nitrogens is 2. The molecule has 76 valence electrons. The number of benzene rings is 1. The maximum Gasteiger partial charge on any atom is 0.251 e. The van der Waals surface area contributed by atoms with Gasteiger partial charge < -0.3 is 4.98 Å². The molecule has 0 fully saturated rings. The van der Waals surface area contributed by atoms with Gasteiger partial charge in [-0.2, -0.15) is 0 Å². The summed E-state index contributed by atoms with van der Waals surface area (Å²) in [7, 11) is 0. The zero-order valence-corrected chi connectivity index (χ0v) is 8.88. The summed E-state index contributed by atoms with van der Waals surface area (Å²) in [6.07, 6.45) is 1.49. The van der Waals surface area contributed by atoms with Gasteiger partial charge in [0.05, 0.1) is 0 Å². The van der Waals surface area contributed by atoms with Gasteiger partial charge in [-0.25, -0.2) is 4.98 Å². The van der Waals surface area contributed by atoms with Crippen LogP contribution in [0, 0.1) is 6.92 Å². The number of rotatable bonds is 1. The number of hydrogen-bond donors (Lipinski definition) is 1. The highest BCUT2D eigenvalue weighted by molar-refractivity contribution is 6.30. The fourth-order valence-corrected chi connectivity index (χ4v) is 1.63. The summed E-state index contributed by atoms with van der Waals surface area (Å²) in [5, 5.41) is 0.675. The van der Waals surface area contributed by atoms with Crippen LogP contribution in [0.15, 0.2) is 35.3 Å². The van der Waals surface area contributed by atoms with Crippen LogP contribution in [0.4, 0.5) is 0 Å². The molecule has 1 N–H and O–H groups in total. The largest absolute Gasteiger partial charge is 0.307 e. The summed E-state index contributed by atoms with van der Waals surface area (Å²) in [6, 6.07) is 6.84. The number of H-pyrrole nitrogens is 1. The van der Waals surface area contributed by atoms with Gasteiger partial charge in [0.1, 0.15) is 5.82 Å². The lowest BCUT2D eigenvalue weighted by molar-refractivity contribution is 1.12. The zero-order valence-electron chi connectivity index (χ0n) is 8.12. The molecule has 0 aliphatic carbocycles. The average Bonchev–Trinajstić information content (AvgIpc) is 2.17. The molecule has 0 saturated heterocycles. The Morgan fingerprint density at radius 2 is 2.13 bits per heavy atom. The van der Waals surface area contributed by atoms with Crippen LogP contribution in [0.5, 0.6) is 0 Å². The Bertz CT molecular complexity index is 548. The Morgan fingerprint density at radius 3 is 2.80 bits per heavy atom. The number of nitrogens with one attached hydrogen (secondary N) is 1. The van der Waals surface area contributed by atoms with Crippen molar-refractivity contribution >= 4 is 11.6 Å². The molecule has 0 atom stereocenters. The van der Waals surface area contributed by atoms with E-state index < -0.39 is 0 Å². The van der Waals surface area contributed by atoms with Gasteiger partial charge in [0.25, 0.3) is 5.56 Å². The van der Waals surface area contributed by atoms with E-state index >= 15 is 0 Å². The van der Waals surface area contributed by atoms with E-state index in [9.17, 15) is 4.79 Å². The Kier molecular flexibility index (Phi) is 2.56. The molecule has 1 heterocycles. The number of aryl methyl sites for hydroxylation is 1. The van der Waals surface area contributed by atoms with Gasteiger partial charge >= 0.3 is 0 Å². The summed E-state index contributed by atoms with van der Waals surface area (Å²) >= 11 is 5.84. The van der Waals surface area contributed by atoms with Crippen molar-refractivity contribution in [3.8, 4) is 11.4 Å². The fourth-order valence-electron chi connectivity index (χ4n) is 1.40. The fraction of sp³-hybridized carbons (Fsp3) is 0.0909. The lowest BCUT2D eigenvalue weighted by Gasteiger charge is -2.04. The van der Waals surface area contributed by atoms with Crippen molar-refractivity contribution in [2.45, 2.75) is 6.92 Å². The van der Waals surface area contributed by atoms with Crippen molar-refractivity contribution in [1.82, 2.24) is 9.97 Å². The Hall–Kier alpha value is -1.61. The number of halogens is 1. The topological polar surface area (TPSA) is 45.8 Å². The highest BCUT2D eigenvalue weighted by Gasteiger charge is 2.03. The van der Waals surface area contributed by atoms with Crippen LogP contribution in [0.2, 0.25) is 5.02 Å². The summed E-state index contributed by atoms with van der Waals surface area (Å²) in [6.45, 7) is 1.92. The Balaban J connectivity index is 2.59. The molecule has 1 aromatic heterocycles. The minimum Gasteiger partial charge on any atom is -0.307 e. The number of aromatic amines is 1. The van der Waals surface area contributed by atoms with Gasteiger partial charge in [0, 0.05) is 22.8 Å². The standard InChI is InChI=1S/C11H9ClN2O/c1-7-6-8(12)2-3-9(7)11-13-5-4-10(15)14-11/h2-6H,1H3,(H,13,14,15). The summed E-state index contributed by atoms with van der Waals surface area (Å²) in [5.41, 5.74) is 1.71. The maximum atomic E-state index is 11.1. The molecule has 0 amide bonds. The molecular formula is C11H9ClN2O. The van der Waals surface area contributed by atoms with E-state index in [1.807, 2.05) is 19.1 Å². The van der Waals surface area contributed by atoms with Crippen LogP contribution < -0.4 is 5.56 Å². The van der Waals surface area contributed by atoms with Crippen molar-refractivity contribution in [2.75, 3.05) is 0 Å². The molecule has 1 aromatic carbocycles. The first-order valence-corrected chi connectivity index (χ1v) is 4.86. The molecule has 4 heteroatoms. The quantitative estimate of drug-likeness (QED) is 0.802. The van der Waals surface area contributed by atoms with Gasteiger partial charge in [0.2, 0.25) is 0 Å². The van der Waals surface area contributed by atoms with E-state index in [0.29, 0.717) is 10.8 Å². The van der Waals surface area contributed by atoms with Crippen molar-refractivity contribution in [2.24, 2.45) is 0 Å². The molecule has 0 unspecified atom stereocenters. The van der Waals surface area contributed by atoms with Crippen LogP contribution in [0.25, 0.3) is 11.4 Å². The van der Waals surface area contributed by atoms with Crippen LogP contribution >= 0.6 is 11.6 Å². The molecule has 2 rings (SSSR count). The number of nitrogens with zero attached hydrogens (tertiary/aromatic N) is 1. The first-order chi connectivity index (χ1) is 7.16. The summed E-state index contributed by atoms with van der Waals surface area (Å²) in [5.74, 6) is 0.566. The van der Waals surface area contributed by atoms with E-state index in [1.54, 1.807) is 6.07 Å². The van der Waals surface area contributed by atoms with Crippen molar-refractivity contribution in [1.29, 1.82) is 0 Å². The molecule has 2 aromatic rings. The van der Waals surface area contributed by atoms with Crippen LogP contribution in [-0.4, -0.2) is 9.97 Å². The third-order valence-electron chi connectivity index (χ3n) is 2.11. The highest BCUT2D eigenvalue weighted by atomic mass is 35.5. The summed E-state index contributed by atoms with van der Waals surface area (Å²) in [4.78, 5) is 17.9. The monoisotopic (exact) mass is 220 g/mol. The first-order valence-electron chi connectivity index (χ1n) is 4.48. The Labute approximate surface area is 91.8 Å². The molecule has 0 aliphatic heterocycles. The maximum absolute atomic E-state index is 11.1. The molecular weight excluding hydrogens is 212 g/mol. The van der Waals surface area contributed by atoms with Crippen LogP contribution in [0.3, 0.4) is 0 Å². The van der Waals surface area contributed by atoms with Crippen LogP contribution in [-0.2, 0) is 0 Å². The second-order valence-corrected chi connectivity index (χ2v) is 3.68. The van der Waals surface area contributed by atoms with Gasteiger partial charge in [-0.05, 0) is 30.7 Å². The predicted molar refractivity (Wildman–Crippen MR) is 60.0 cm³/mol. The smallest absolute Gasteiger partial charge is 0.251 e. The van der Waals surface area contributed by atoms with Gasteiger partial charge in [-0.1, -0.05) is 11.6 Å². The van der Waals surface area contributed by atoms with Crippen molar-refractivity contribution < 1.29 is 0 Å². The minimum atomic E-state index is -0.158. The van der Waals surface area contributed by atoms with E-state index in [0.717, 1.165) is 11.1 Å². The van der Waals surface area contributed by atoms with E-state index in [4.69, 9.17) is 11.6 Å². The van der Waals surface area contributed by atoms with E-state index in [-0.39, 0.29) is 5.56 Å².